The Morgan fingerprint density at radius 3 is 2.05 bits per heavy atom. The molecule has 2 heterocycles. The van der Waals surface area contributed by atoms with Crippen LogP contribution in [0, 0.1) is 22.7 Å². The second-order valence-corrected chi connectivity index (χ2v) is 11.2. The molecular weight excluding hydrogens is 566 g/mol. The maximum Gasteiger partial charge on any atom is 0.262 e. The summed E-state index contributed by atoms with van der Waals surface area (Å²) in [6.45, 7) is 3.75. The number of fused-ring (bicyclic) bond motifs is 1. The SMILES string of the molecule is C[C@H](NC(=O)/C(C#N)=C/c1csc(-c2ccc([C@H](C)NC(=O)/C(C#N)=C/c3c[nH]c4ccccc34)cc2)c1)c1ccccc1. The van der Waals surface area contributed by atoms with Crippen molar-refractivity contribution in [2.45, 2.75) is 25.9 Å². The van der Waals surface area contributed by atoms with Crippen LogP contribution in [0.4, 0.5) is 0 Å². The van der Waals surface area contributed by atoms with Crippen LogP contribution in [0.5, 0.6) is 0 Å². The number of benzene rings is 3. The second-order valence-electron chi connectivity index (χ2n) is 10.3. The number of amides is 2. The number of aromatic nitrogens is 1. The number of hydrogen-bond acceptors (Lipinski definition) is 5. The fourth-order valence-electron chi connectivity index (χ4n) is 4.80. The number of carbonyl (C=O) groups excluding carboxylic acids is 2. The standard InChI is InChI=1S/C36H29N5O2S/c1-23(26-8-4-3-5-9-26)40-35(42)29(19-37)16-25-17-34(44-22-25)28-14-12-27(13-15-28)24(2)41-36(43)30(20-38)18-31-21-39-33-11-7-6-10-32(31)33/h3-18,21-24,39H,1-2H3,(H,40,42)(H,41,43)/b29-16+,30-18+/t23-,24-/m0/s1. The number of rotatable bonds is 9. The molecule has 0 saturated heterocycles. The summed E-state index contributed by atoms with van der Waals surface area (Å²) in [7, 11) is 0. The first-order valence-electron chi connectivity index (χ1n) is 14.0. The van der Waals surface area contributed by atoms with Gasteiger partial charge in [0.05, 0.1) is 12.1 Å². The molecule has 0 bridgehead atoms. The molecule has 0 saturated carbocycles. The van der Waals surface area contributed by atoms with Crippen molar-refractivity contribution in [3.05, 3.63) is 130 Å². The van der Waals surface area contributed by atoms with E-state index in [0.29, 0.717) is 0 Å². The molecule has 216 valence electrons. The summed E-state index contributed by atoms with van der Waals surface area (Å²) in [6.07, 6.45) is 4.97. The first-order valence-corrected chi connectivity index (χ1v) is 14.9. The zero-order valence-corrected chi connectivity index (χ0v) is 25.0. The van der Waals surface area contributed by atoms with Crippen LogP contribution in [0.15, 0.2) is 108 Å². The average Bonchev–Trinajstić information content (AvgIpc) is 3.70. The van der Waals surface area contributed by atoms with Gasteiger partial charge in [0.15, 0.2) is 0 Å². The number of nitriles is 2. The highest BCUT2D eigenvalue weighted by atomic mass is 32.1. The lowest BCUT2D eigenvalue weighted by Gasteiger charge is -2.14. The van der Waals surface area contributed by atoms with Gasteiger partial charge in [0.1, 0.15) is 23.3 Å². The van der Waals surface area contributed by atoms with E-state index < -0.39 is 11.8 Å². The van der Waals surface area contributed by atoms with E-state index in [-0.39, 0.29) is 23.2 Å². The molecule has 7 nitrogen and oxygen atoms in total. The Labute approximate surface area is 259 Å². The number of thiophene rings is 1. The predicted molar refractivity (Wildman–Crippen MR) is 175 cm³/mol. The van der Waals surface area contributed by atoms with Gasteiger partial charge in [-0.2, -0.15) is 10.5 Å². The lowest BCUT2D eigenvalue weighted by molar-refractivity contribution is -0.118. The topological polar surface area (TPSA) is 122 Å². The van der Waals surface area contributed by atoms with Crippen molar-refractivity contribution in [2.24, 2.45) is 0 Å². The summed E-state index contributed by atoms with van der Waals surface area (Å²) in [6, 6.07) is 30.5. The van der Waals surface area contributed by atoms with E-state index in [1.54, 1.807) is 18.3 Å². The zero-order valence-electron chi connectivity index (χ0n) is 24.2. The highest BCUT2D eigenvalue weighted by Crippen LogP contribution is 2.30. The highest BCUT2D eigenvalue weighted by Gasteiger charge is 2.16. The van der Waals surface area contributed by atoms with Crippen molar-refractivity contribution >= 4 is 46.2 Å². The Morgan fingerprint density at radius 2 is 1.39 bits per heavy atom. The predicted octanol–water partition coefficient (Wildman–Crippen LogP) is 7.47. The molecule has 2 aromatic heterocycles. The number of aromatic amines is 1. The van der Waals surface area contributed by atoms with Crippen LogP contribution >= 0.6 is 11.3 Å². The summed E-state index contributed by atoms with van der Waals surface area (Å²) in [5, 5.41) is 28.0. The molecule has 2 amide bonds. The third kappa shape index (κ3) is 6.84. The monoisotopic (exact) mass is 595 g/mol. The molecule has 0 aliphatic carbocycles. The van der Waals surface area contributed by atoms with Gasteiger partial charge in [-0.05, 0) is 65.8 Å². The van der Waals surface area contributed by atoms with E-state index in [1.165, 1.54) is 11.3 Å². The van der Waals surface area contributed by atoms with E-state index in [2.05, 4.69) is 15.6 Å². The van der Waals surface area contributed by atoms with Gasteiger partial charge in [0.25, 0.3) is 11.8 Å². The lowest BCUT2D eigenvalue weighted by atomic mass is 10.0. The first kappa shape index (κ1) is 29.8. The van der Waals surface area contributed by atoms with E-state index in [0.717, 1.165) is 43.6 Å². The van der Waals surface area contributed by atoms with E-state index in [1.807, 2.05) is 116 Å². The summed E-state index contributed by atoms with van der Waals surface area (Å²) >= 11 is 1.51. The third-order valence-corrected chi connectivity index (χ3v) is 8.27. The summed E-state index contributed by atoms with van der Waals surface area (Å²) in [5.41, 5.74) is 5.35. The van der Waals surface area contributed by atoms with Crippen LogP contribution in [0.3, 0.4) is 0 Å². The van der Waals surface area contributed by atoms with E-state index >= 15 is 0 Å². The molecule has 8 heteroatoms. The van der Waals surface area contributed by atoms with Gasteiger partial charge >= 0.3 is 0 Å². The average molecular weight is 596 g/mol. The fraction of sp³-hybridized carbons (Fsp3) is 0.111. The molecule has 0 radical (unpaired) electrons. The van der Waals surface area contributed by atoms with Crippen molar-refractivity contribution < 1.29 is 9.59 Å². The van der Waals surface area contributed by atoms with Crippen LogP contribution in [0.1, 0.15) is 48.2 Å². The van der Waals surface area contributed by atoms with Gasteiger partial charge in [-0.25, -0.2) is 0 Å². The maximum absolute atomic E-state index is 12.9. The van der Waals surface area contributed by atoms with Gasteiger partial charge in [-0.3, -0.25) is 9.59 Å². The summed E-state index contributed by atoms with van der Waals surface area (Å²) in [4.78, 5) is 29.8. The normalized spacial score (nSPS) is 13.0. The van der Waals surface area contributed by atoms with Crippen molar-refractivity contribution in [3.63, 3.8) is 0 Å². The second kappa shape index (κ2) is 13.5. The van der Waals surface area contributed by atoms with E-state index in [9.17, 15) is 20.1 Å². The Hall–Kier alpha value is -5.70. The van der Waals surface area contributed by atoms with Gasteiger partial charge in [0, 0.05) is 27.5 Å². The van der Waals surface area contributed by atoms with Gasteiger partial charge < -0.3 is 15.6 Å². The Kier molecular flexibility index (Phi) is 9.15. The number of para-hydroxylation sites is 1. The van der Waals surface area contributed by atoms with Crippen LogP contribution in [-0.4, -0.2) is 16.8 Å². The van der Waals surface area contributed by atoms with Gasteiger partial charge in [-0.15, -0.1) is 11.3 Å². The zero-order chi connectivity index (χ0) is 31.1. The van der Waals surface area contributed by atoms with Crippen LogP contribution in [0.25, 0.3) is 33.5 Å². The Morgan fingerprint density at radius 1 is 0.795 bits per heavy atom. The van der Waals surface area contributed by atoms with E-state index in [4.69, 9.17) is 0 Å². The van der Waals surface area contributed by atoms with Crippen LogP contribution < -0.4 is 10.6 Å². The van der Waals surface area contributed by atoms with Crippen LogP contribution in [0.2, 0.25) is 0 Å². The molecule has 2 atom stereocenters. The quantitative estimate of drug-likeness (QED) is 0.121. The summed E-state index contributed by atoms with van der Waals surface area (Å²) in [5.74, 6) is -0.868. The van der Waals surface area contributed by atoms with Crippen LogP contribution in [-0.2, 0) is 9.59 Å². The highest BCUT2D eigenvalue weighted by molar-refractivity contribution is 7.13. The Balaban J connectivity index is 1.23. The number of carbonyl (C=O) groups is 2. The molecule has 5 rings (SSSR count). The molecule has 5 aromatic rings. The summed E-state index contributed by atoms with van der Waals surface area (Å²) < 4.78 is 0. The molecule has 0 spiro atoms. The first-order chi connectivity index (χ1) is 21.4. The third-order valence-electron chi connectivity index (χ3n) is 7.27. The number of nitrogens with one attached hydrogen (secondary N) is 3. The largest absolute Gasteiger partial charge is 0.361 e. The minimum Gasteiger partial charge on any atom is -0.361 e. The molecule has 3 aromatic carbocycles. The molecule has 44 heavy (non-hydrogen) atoms. The molecule has 0 aliphatic rings. The molecule has 3 N–H and O–H groups in total. The van der Waals surface area contributed by atoms with Gasteiger partial charge in [0.2, 0.25) is 0 Å². The number of hydrogen-bond donors (Lipinski definition) is 3. The Bertz CT molecular complexity index is 1950. The van der Waals surface area contributed by atoms with Crippen molar-refractivity contribution in [1.82, 2.24) is 15.6 Å². The van der Waals surface area contributed by atoms with Crippen molar-refractivity contribution in [1.29, 1.82) is 10.5 Å². The minimum atomic E-state index is -0.445. The number of nitrogens with zero attached hydrogens (tertiary/aromatic N) is 2. The minimum absolute atomic E-state index is 0.0253. The smallest absolute Gasteiger partial charge is 0.262 e. The van der Waals surface area contributed by atoms with Crippen molar-refractivity contribution in [3.8, 4) is 22.6 Å². The van der Waals surface area contributed by atoms with Crippen molar-refractivity contribution in [2.75, 3.05) is 0 Å². The molecule has 0 aliphatic heterocycles. The maximum atomic E-state index is 12.9. The molecule has 0 fully saturated rings. The molecule has 0 unspecified atom stereocenters. The lowest BCUT2D eigenvalue weighted by Crippen LogP contribution is -2.27. The molecular formula is C36H29N5O2S. The number of H-pyrrole nitrogens is 1. The fourth-order valence-corrected chi connectivity index (χ4v) is 5.68. The van der Waals surface area contributed by atoms with Gasteiger partial charge in [-0.1, -0.05) is 72.8 Å².